The molecule has 0 fully saturated rings. The van der Waals surface area contributed by atoms with Gasteiger partial charge in [0.2, 0.25) is 0 Å². The van der Waals surface area contributed by atoms with E-state index in [9.17, 15) is 22.8 Å². The quantitative estimate of drug-likeness (QED) is 0.865. The molecular weight excluding hydrogens is 317 g/mol. The molecule has 0 saturated carbocycles. The molecule has 1 aromatic heterocycles. The molecule has 1 N–H and O–H groups in total. The lowest BCUT2D eigenvalue weighted by Gasteiger charge is -2.34. The molecule has 0 saturated heterocycles. The van der Waals surface area contributed by atoms with E-state index in [0.717, 1.165) is 19.4 Å². The minimum absolute atomic E-state index is 0.205. The molecule has 0 aliphatic carbocycles. The molecule has 0 aromatic carbocycles. The monoisotopic (exact) mass is 334 g/mol. The number of aliphatic carboxylic acids is 1. The van der Waals surface area contributed by atoms with Crippen LogP contribution < -0.4 is 0 Å². The lowest BCUT2D eigenvalue weighted by atomic mass is 10.0. The Hall–Kier alpha value is -2.32. The molecule has 0 atom stereocenters. The minimum atomic E-state index is -5.17. The van der Waals surface area contributed by atoms with Crippen molar-refractivity contribution in [3.63, 3.8) is 0 Å². The molecule has 9 heteroatoms. The van der Waals surface area contributed by atoms with Crippen LogP contribution in [0.15, 0.2) is 24.5 Å². The van der Waals surface area contributed by atoms with Crippen LogP contribution in [0.5, 0.6) is 0 Å². The van der Waals surface area contributed by atoms with Crippen molar-refractivity contribution >= 4 is 12.1 Å². The average molecular weight is 334 g/mol. The summed E-state index contributed by atoms with van der Waals surface area (Å²) in [5.41, 5.74) is -1.01. The molecule has 0 unspecified atom stereocenters. The number of hydrogen-bond donors (Lipinski definition) is 1. The van der Waals surface area contributed by atoms with Gasteiger partial charge in [-0.3, -0.25) is 9.88 Å². The van der Waals surface area contributed by atoms with Crippen molar-refractivity contribution < 1.29 is 32.6 Å². The molecule has 23 heavy (non-hydrogen) atoms. The SMILES string of the molecule is CC(C)(C(=O)O)N(CCCc1cccnc1)C(=O)OC(F)(F)F. The van der Waals surface area contributed by atoms with Crippen molar-refractivity contribution in [1.82, 2.24) is 9.88 Å². The molecule has 6 nitrogen and oxygen atoms in total. The summed E-state index contributed by atoms with van der Waals surface area (Å²) in [6.07, 6.45) is -3.07. The molecule has 0 bridgehead atoms. The average Bonchev–Trinajstić information content (AvgIpc) is 2.42. The normalized spacial score (nSPS) is 11.9. The highest BCUT2D eigenvalue weighted by molar-refractivity contribution is 5.83. The Morgan fingerprint density at radius 1 is 1.35 bits per heavy atom. The maximum absolute atomic E-state index is 12.2. The van der Waals surface area contributed by atoms with Gasteiger partial charge in [-0.05, 0) is 38.3 Å². The van der Waals surface area contributed by atoms with E-state index < -0.39 is 24.0 Å². The molecule has 0 aliphatic rings. The van der Waals surface area contributed by atoms with Crippen molar-refractivity contribution in [3.8, 4) is 0 Å². The van der Waals surface area contributed by atoms with Gasteiger partial charge in [-0.2, -0.15) is 0 Å². The van der Waals surface area contributed by atoms with E-state index >= 15 is 0 Å². The first kappa shape index (κ1) is 18.7. The van der Waals surface area contributed by atoms with Crippen LogP contribution in [0.3, 0.4) is 0 Å². The number of rotatable bonds is 6. The number of carbonyl (C=O) groups excluding carboxylic acids is 1. The molecule has 0 radical (unpaired) electrons. The van der Waals surface area contributed by atoms with E-state index in [4.69, 9.17) is 5.11 Å². The van der Waals surface area contributed by atoms with Gasteiger partial charge >= 0.3 is 18.4 Å². The number of amides is 1. The first-order chi connectivity index (χ1) is 10.5. The fourth-order valence-corrected chi connectivity index (χ4v) is 1.86. The Bertz CT molecular complexity index is 547. The zero-order chi connectivity index (χ0) is 17.7. The van der Waals surface area contributed by atoms with Gasteiger partial charge < -0.3 is 9.84 Å². The van der Waals surface area contributed by atoms with Gasteiger partial charge in [0.1, 0.15) is 5.54 Å². The van der Waals surface area contributed by atoms with Crippen molar-refractivity contribution in [2.45, 2.75) is 38.6 Å². The largest absolute Gasteiger partial charge is 0.576 e. The second-order valence-electron chi connectivity index (χ2n) is 5.29. The van der Waals surface area contributed by atoms with Crippen LogP contribution >= 0.6 is 0 Å². The number of ether oxygens (including phenoxy) is 1. The van der Waals surface area contributed by atoms with Crippen LogP contribution in [0, 0.1) is 0 Å². The van der Waals surface area contributed by atoms with Crippen molar-refractivity contribution in [3.05, 3.63) is 30.1 Å². The van der Waals surface area contributed by atoms with Crippen LogP contribution in [0.4, 0.5) is 18.0 Å². The first-order valence-electron chi connectivity index (χ1n) is 6.73. The van der Waals surface area contributed by atoms with Crippen molar-refractivity contribution in [1.29, 1.82) is 0 Å². The molecule has 1 amide bonds. The summed E-state index contributed by atoms with van der Waals surface area (Å²) in [4.78, 5) is 27.3. The summed E-state index contributed by atoms with van der Waals surface area (Å²) < 4.78 is 40.0. The molecule has 0 aliphatic heterocycles. The fourth-order valence-electron chi connectivity index (χ4n) is 1.86. The third-order valence-electron chi connectivity index (χ3n) is 3.19. The minimum Gasteiger partial charge on any atom is -0.480 e. The van der Waals surface area contributed by atoms with Gasteiger partial charge in [0.15, 0.2) is 0 Å². The predicted molar refractivity (Wildman–Crippen MR) is 73.5 cm³/mol. The van der Waals surface area contributed by atoms with Crippen molar-refractivity contribution in [2.24, 2.45) is 0 Å². The van der Waals surface area contributed by atoms with E-state index in [2.05, 4.69) is 9.72 Å². The molecule has 0 spiro atoms. The van der Waals surface area contributed by atoms with E-state index in [-0.39, 0.29) is 13.0 Å². The number of carboxylic acid groups (broad SMARTS) is 1. The Morgan fingerprint density at radius 3 is 2.48 bits per heavy atom. The van der Waals surface area contributed by atoms with Gasteiger partial charge in [0, 0.05) is 18.9 Å². The van der Waals surface area contributed by atoms with Crippen LogP contribution in [0.25, 0.3) is 0 Å². The van der Waals surface area contributed by atoms with Crippen LogP contribution in [0.2, 0.25) is 0 Å². The summed E-state index contributed by atoms with van der Waals surface area (Å²) in [6, 6.07) is 3.47. The highest BCUT2D eigenvalue weighted by Crippen LogP contribution is 2.23. The second-order valence-corrected chi connectivity index (χ2v) is 5.29. The number of hydrogen-bond acceptors (Lipinski definition) is 4. The standard InChI is InChI=1S/C14H17F3N2O4/c1-13(2,11(20)21)19(12(22)23-14(15,16)17)8-4-6-10-5-3-7-18-9-10/h3,5,7,9H,4,6,8H2,1-2H3,(H,20,21). The summed E-state index contributed by atoms with van der Waals surface area (Å²) >= 11 is 0. The zero-order valence-electron chi connectivity index (χ0n) is 12.6. The van der Waals surface area contributed by atoms with Crippen LogP contribution in [0.1, 0.15) is 25.8 Å². The highest BCUT2D eigenvalue weighted by Gasteiger charge is 2.43. The maximum Gasteiger partial charge on any atom is 0.576 e. The Morgan fingerprint density at radius 2 is 2.00 bits per heavy atom. The van der Waals surface area contributed by atoms with Crippen LogP contribution in [-0.2, 0) is 16.0 Å². The van der Waals surface area contributed by atoms with Gasteiger partial charge in [0.05, 0.1) is 0 Å². The molecular formula is C14H17F3N2O4. The fraction of sp³-hybridized carbons (Fsp3) is 0.500. The third-order valence-corrected chi connectivity index (χ3v) is 3.19. The molecule has 128 valence electrons. The van der Waals surface area contributed by atoms with Gasteiger partial charge in [-0.1, -0.05) is 6.07 Å². The third kappa shape index (κ3) is 5.76. The van der Waals surface area contributed by atoms with Crippen molar-refractivity contribution in [2.75, 3.05) is 6.54 Å². The van der Waals surface area contributed by atoms with Crippen LogP contribution in [-0.4, -0.2) is 45.5 Å². The molecule has 1 aromatic rings. The number of aryl methyl sites for hydroxylation is 1. The van der Waals surface area contributed by atoms with Gasteiger partial charge in [0.25, 0.3) is 0 Å². The number of carbonyl (C=O) groups is 2. The van der Waals surface area contributed by atoms with E-state index in [1.807, 2.05) is 0 Å². The lowest BCUT2D eigenvalue weighted by Crippen LogP contribution is -2.54. The maximum atomic E-state index is 12.2. The van der Waals surface area contributed by atoms with Gasteiger partial charge in [-0.15, -0.1) is 13.2 Å². The number of halogens is 3. The number of alkyl halides is 3. The molecule has 1 heterocycles. The summed E-state index contributed by atoms with van der Waals surface area (Å²) in [5.74, 6) is -1.43. The highest BCUT2D eigenvalue weighted by atomic mass is 19.4. The summed E-state index contributed by atoms with van der Waals surface area (Å²) in [6.45, 7) is 2.07. The number of carboxylic acids is 1. The van der Waals surface area contributed by atoms with Gasteiger partial charge in [-0.25, -0.2) is 9.59 Å². The zero-order valence-corrected chi connectivity index (χ0v) is 12.6. The second kappa shape index (κ2) is 7.30. The van der Waals surface area contributed by atoms with E-state index in [1.54, 1.807) is 24.5 Å². The number of aromatic nitrogens is 1. The Balaban J connectivity index is 2.79. The first-order valence-corrected chi connectivity index (χ1v) is 6.73. The van der Waals surface area contributed by atoms with E-state index in [0.29, 0.717) is 11.3 Å². The topological polar surface area (TPSA) is 79.7 Å². The van der Waals surface area contributed by atoms with E-state index in [1.165, 1.54) is 0 Å². The predicted octanol–water partition coefficient (Wildman–Crippen LogP) is 2.84. The Kier molecular flexibility index (Phi) is 5.94. The summed E-state index contributed by atoms with van der Waals surface area (Å²) in [7, 11) is 0. The lowest BCUT2D eigenvalue weighted by molar-refractivity contribution is -0.296. The Labute approximate surface area is 130 Å². The smallest absolute Gasteiger partial charge is 0.480 e. The number of nitrogens with zero attached hydrogens (tertiary/aromatic N) is 2. The molecule has 1 rings (SSSR count). The summed E-state index contributed by atoms with van der Waals surface area (Å²) in [5, 5.41) is 9.13. The number of pyridine rings is 1.